The Bertz CT molecular complexity index is 4290. The fraction of sp³-hybridized carbons (Fsp3) is 0. The van der Waals surface area contributed by atoms with Crippen molar-refractivity contribution in [2.24, 2.45) is 0 Å². The number of fused-ring (bicyclic) bond motifs is 9. The van der Waals surface area contributed by atoms with Gasteiger partial charge >= 0.3 is 0 Å². The minimum absolute atomic E-state index is 0.567. The molecule has 0 saturated carbocycles. The lowest BCUT2D eigenvalue weighted by atomic mass is 9.99. The molecule has 0 amide bonds. The third kappa shape index (κ3) is 6.45. The van der Waals surface area contributed by atoms with E-state index in [1.165, 1.54) is 21.9 Å². The molecule has 0 aliphatic carbocycles. The van der Waals surface area contributed by atoms with Gasteiger partial charge in [0.05, 0.1) is 11.0 Å². The summed E-state index contributed by atoms with van der Waals surface area (Å²) in [4.78, 5) is 15.5. The molecule has 0 aliphatic rings. The summed E-state index contributed by atoms with van der Waals surface area (Å²) in [6.07, 6.45) is 0. The maximum atomic E-state index is 6.59. The summed E-state index contributed by atoms with van der Waals surface area (Å²) in [5, 5.41) is 6.56. The average molecular weight is 883 g/mol. The van der Waals surface area contributed by atoms with Crippen LogP contribution in [0.5, 0.6) is 0 Å². The number of nitrogens with zero attached hydrogens (tertiary/aromatic N) is 4. The lowest BCUT2D eigenvalue weighted by molar-refractivity contribution is 0.669. The smallest absolute Gasteiger partial charge is 0.164 e. The SMILES string of the molecule is c1ccc(-c2ccc3c(c2)c2ccc(-c4ccc5oc6cccc(-c7nc(-c8ccccc8)nc(-c8ccc(-c9cccc%10c9oc9ccccc9%10)cc8)n7)c6c5c4)cc2n3-c2ccccc2)cc1. The Morgan fingerprint density at radius 2 is 0.841 bits per heavy atom. The van der Waals surface area contributed by atoms with Gasteiger partial charge in [-0.2, -0.15) is 0 Å². The van der Waals surface area contributed by atoms with Crippen LogP contribution in [-0.2, 0) is 0 Å². The highest BCUT2D eigenvalue weighted by Gasteiger charge is 2.20. The first-order chi connectivity index (χ1) is 34.2. The van der Waals surface area contributed by atoms with Crippen molar-refractivity contribution in [3.63, 3.8) is 0 Å². The third-order valence-electron chi connectivity index (χ3n) is 13.5. The Kier molecular flexibility index (Phi) is 8.79. The highest BCUT2D eigenvalue weighted by molar-refractivity contribution is 6.14. The Morgan fingerprint density at radius 3 is 1.65 bits per heavy atom. The summed E-state index contributed by atoms with van der Waals surface area (Å²) < 4.78 is 15.4. The molecule has 6 heteroatoms. The molecule has 0 aliphatic heterocycles. The van der Waals surface area contributed by atoms with E-state index in [9.17, 15) is 0 Å². The van der Waals surface area contributed by atoms with Gasteiger partial charge in [0.1, 0.15) is 22.3 Å². The van der Waals surface area contributed by atoms with Gasteiger partial charge in [0, 0.05) is 60.3 Å². The molecule has 69 heavy (non-hydrogen) atoms. The van der Waals surface area contributed by atoms with Crippen molar-refractivity contribution >= 4 is 65.7 Å². The highest BCUT2D eigenvalue weighted by atomic mass is 16.3. The summed E-state index contributed by atoms with van der Waals surface area (Å²) in [6, 6.07) is 80.5. The van der Waals surface area contributed by atoms with Gasteiger partial charge in [0.2, 0.25) is 0 Å². The molecule has 4 aromatic heterocycles. The summed E-state index contributed by atoms with van der Waals surface area (Å²) >= 11 is 0. The molecule has 0 unspecified atom stereocenters. The normalized spacial score (nSPS) is 11.8. The van der Waals surface area contributed by atoms with Gasteiger partial charge in [-0.1, -0.05) is 176 Å². The van der Waals surface area contributed by atoms with E-state index in [-0.39, 0.29) is 0 Å². The van der Waals surface area contributed by atoms with Crippen molar-refractivity contribution in [3.8, 4) is 73.2 Å². The zero-order valence-electron chi connectivity index (χ0n) is 37.0. The van der Waals surface area contributed by atoms with Gasteiger partial charge in [-0.15, -0.1) is 0 Å². The van der Waals surface area contributed by atoms with Crippen LogP contribution < -0.4 is 0 Å². The lowest BCUT2D eigenvalue weighted by Crippen LogP contribution is -2.00. The van der Waals surface area contributed by atoms with Gasteiger partial charge in [-0.05, 0) is 82.4 Å². The van der Waals surface area contributed by atoms with Gasteiger partial charge in [0.15, 0.2) is 17.5 Å². The van der Waals surface area contributed by atoms with Crippen molar-refractivity contribution in [2.45, 2.75) is 0 Å². The van der Waals surface area contributed by atoms with E-state index in [0.717, 1.165) is 99.5 Å². The van der Waals surface area contributed by atoms with Crippen molar-refractivity contribution in [3.05, 3.63) is 231 Å². The van der Waals surface area contributed by atoms with Crippen molar-refractivity contribution in [1.82, 2.24) is 19.5 Å². The van der Waals surface area contributed by atoms with Gasteiger partial charge < -0.3 is 13.4 Å². The van der Waals surface area contributed by atoms with E-state index in [1.807, 2.05) is 60.7 Å². The zero-order valence-corrected chi connectivity index (χ0v) is 37.0. The van der Waals surface area contributed by atoms with E-state index in [4.69, 9.17) is 23.8 Å². The fourth-order valence-corrected chi connectivity index (χ4v) is 10.2. The van der Waals surface area contributed by atoms with Crippen LogP contribution in [0.25, 0.3) is 139 Å². The summed E-state index contributed by atoms with van der Waals surface area (Å²) in [5.41, 5.74) is 16.0. The van der Waals surface area contributed by atoms with Gasteiger partial charge in [-0.25, -0.2) is 15.0 Å². The number of hydrogen-bond acceptors (Lipinski definition) is 5. The van der Waals surface area contributed by atoms with E-state index < -0.39 is 0 Å². The Morgan fingerprint density at radius 1 is 0.290 bits per heavy atom. The summed E-state index contributed by atoms with van der Waals surface area (Å²) in [5.74, 6) is 1.74. The Labute approximate surface area is 396 Å². The van der Waals surface area contributed by atoms with Crippen molar-refractivity contribution < 1.29 is 8.83 Å². The van der Waals surface area contributed by atoms with Crippen LogP contribution in [0.3, 0.4) is 0 Å². The molecule has 0 spiro atoms. The first-order valence-corrected chi connectivity index (χ1v) is 23.2. The monoisotopic (exact) mass is 882 g/mol. The largest absolute Gasteiger partial charge is 0.456 e. The molecule has 0 radical (unpaired) electrons. The topological polar surface area (TPSA) is 69.9 Å². The molecule has 0 fully saturated rings. The van der Waals surface area contributed by atoms with Crippen LogP contribution in [0.4, 0.5) is 0 Å². The molecule has 0 N–H and O–H groups in total. The average Bonchev–Trinajstić information content (AvgIpc) is 4.10. The van der Waals surface area contributed by atoms with Crippen LogP contribution in [0.2, 0.25) is 0 Å². The van der Waals surface area contributed by atoms with Crippen LogP contribution in [-0.4, -0.2) is 19.5 Å². The van der Waals surface area contributed by atoms with E-state index >= 15 is 0 Å². The molecule has 4 heterocycles. The predicted molar refractivity (Wildman–Crippen MR) is 281 cm³/mol. The second-order valence-electron chi connectivity index (χ2n) is 17.5. The van der Waals surface area contributed by atoms with Crippen LogP contribution in [0.15, 0.2) is 239 Å². The molecule has 0 saturated heterocycles. The Hall–Kier alpha value is -9.39. The summed E-state index contributed by atoms with van der Waals surface area (Å²) in [6.45, 7) is 0. The number of furan rings is 2. The molecule has 14 rings (SSSR count). The quantitative estimate of drug-likeness (QED) is 0.159. The van der Waals surface area contributed by atoms with E-state index in [1.54, 1.807) is 0 Å². The number of aromatic nitrogens is 4. The molecular weight excluding hydrogens is 845 g/mol. The zero-order chi connectivity index (χ0) is 45.4. The maximum absolute atomic E-state index is 6.59. The van der Waals surface area contributed by atoms with E-state index in [2.05, 4.69) is 174 Å². The molecule has 0 atom stereocenters. The minimum Gasteiger partial charge on any atom is -0.456 e. The highest BCUT2D eigenvalue weighted by Crippen LogP contribution is 2.42. The molecule has 14 aromatic rings. The minimum atomic E-state index is 0.567. The second kappa shape index (κ2) is 15.6. The van der Waals surface area contributed by atoms with Gasteiger partial charge in [0.25, 0.3) is 0 Å². The standard InChI is InChI=1S/C63H38N4O2/c1-4-14-39(15-5-1)43-31-34-54-52(36-43)48-33-30-45(38-55(48)67(54)46-18-8-3-9-19-46)44-32-35-57-53(37-44)59-51(23-13-25-58(59)68-57)63-65-61(41-16-6-2-7-17-41)64-62(66-63)42-28-26-40(27-29-42)47-21-12-22-50-49-20-10-11-24-56(49)69-60(47)50/h1-38H. The third-order valence-corrected chi connectivity index (χ3v) is 13.5. The number of para-hydroxylation sites is 3. The fourth-order valence-electron chi connectivity index (χ4n) is 10.2. The number of benzene rings is 10. The summed E-state index contributed by atoms with van der Waals surface area (Å²) in [7, 11) is 0. The molecular formula is C63H38N4O2. The molecule has 6 nitrogen and oxygen atoms in total. The second-order valence-corrected chi connectivity index (χ2v) is 17.5. The molecule has 322 valence electrons. The number of rotatable bonds is 7. The molecule has 0 bridgehead atoms. The van der Waals surface area contributed by atoms with Crippen LogP contribution in [0, 0.1) is 0 Å². The van der Waals surface area contributed by atoms with Gasteiger partial charge in [-0.3, -0.25) is 0 Å². The first-order valence-electron chi connectivity index (χ1n) is 23.2. The van der Waals surface area contributed by atoms with Crippen LogP contribution in [0.1, 0.15) is 0 Å². The number of hydrogen-bond donors (Lipinski definition) is 0. The van der Waals surface area contributed by atoms with Crippen molar-refractivity contribution in [1.29, 1.82) is 0 Å². The predicted octanol–water partition coefficient (Wildman–Crippen LogP) is 16.8. The van der Waals surface area contributed by atoms with Crippen molar-refractivity contribution in [2.75, 3.05) is 0 Å². The maximum Gasteiger partial charge on any atom is 0.164 e. The Balaban J connectivity index is 0.899. The molecule has 10 aromatic carbocycles. The first kappa shape index (κ1) is 38.8. The van der Waals surface area contributed by atoms with Crippen LogP contribution >= 0.6 is 0 Å². The van der Waals surface area contributed by atoms with E-state index in [0.29, 0.717) is 17.5 Å². The lowest BCUT2D eigenvalue weighted by Gasteiger charge is -2.10.